The molecule has 16 heavy (non-hydrogen) atoms. The van der Waals surface area contributed by atoms with Gasteiger partial charge in [0.05, 0.1) is 12.2 Å². The maximum absolute atomic E-state index is 12.2. The maximum Gasteiger partial charge on any atom is 0.270 e. The molecule has 2 saturated heterocycles. The summed E-state index contributed by atoms with van der Waals surface area (Å²) in [6.45, 7) is 1.46. The van der Waals surface area contributed by atoms with Crippen molar-refractivity contribution in [3.05, 3.63) is 22.4 Å². The van der Waals surface area contributed by atoms with Gasteiger partial charge in [0.25, 0.3) is 5.91 Å². The zero-order valence-electron chi connectivity index (χ0n) is 8.78. The molecule has 1 amide bonds. The van der Waals surface area contributed by atoms with Crippen molar-refractivity contribution in [1.29, 1.82) is 0 Å². The van der Waals surface area contributed by atoms with Crippen molar-refractivity contribution in [3.8, 4) is 0 Å². The SMILES string of the molecule is O=C(c1cc(Br)c[nH]1)N1CC2CCC(C1)O2. The second-order valence-corrected chi connectivity index (χ2v) is 5.31. The number of ether oxygens (including phenoxy) is 1. The Morgan fingerprint density at radius 3 is 2.69 bits per heavy atom. The van der Waals surface area contributed by atoms with Crippen LogP contribution in [-0.2, 0) is 4.74 Å². The molecule has 2 fully saturated rings. The van der Waals surface area contributed by atoms with Crippen molar-refractivity contribution in [2.75, 3.05) is 13.1 Å². The zero-order valence-corrected chi connectivity index (χ0v) is 10.4. The van der Waals surface area contributed by atoms with Crippen molar-refractivity contribution < 1.29 is 9.53 Å². The molecule has 5 heteroatoms. The Morgan fingerprint density at radius 2 is 2.12 bits per heavy atom. The van der Waals surface area contributed by atoms with Gasteiger partial charge in [0.15, 0.2) is 0 Å². The second-order valence-electron chi connectivity index (χ2n) is 4.40. The summed E-state index contributed by atoms with van der Waals surface area (Å²) in [5.41, 5.74) is 0.646. The van der Waals surface area contributed by atoms with Crippen LogP contribution in [0.1, 0.15) is 23.3 Å². The summed E-state index contributed by atoms with van der Waals surface area (Å²) >= 11 is 3.33. The van der Waals surface area contributed by atoms with Gasteiger partial charge in [-0.2, -0.15) is 0 Å². The Kier molecular flexibility index (Phi) is 2.52. The van der Waals surface area contributed by atoms with Gasteiger partial charge in [0.2, 0.25) is 0 Å². The summed E-state index contributed by atoms with van der Waals surface area (Å²) in [7, 11) is 0. The summed E-state index contributed by atoms with van der Waals surface area (Å²) in [4.78, 5) is 17.0. The Balaban J connectivity index is 1.76. The van der Waals surface area contributed by atoms with Gasteiger partial charge < -0.3 is 14.6 Å². The van der Waals surface area contributed by atoms with Crippen molar-refractivity contribution in [2.24, 2.45) is 0 Å². The van der Waals surface area contributed by atoms with Crippen molar-refractivity contribution >= 4 is 21.8 Å². The molecule has 1 aromatic heterocycles. The van der Waals surface area contributed by atoms with E-state index in [0.29, 0.717) is 5.69 Å². The van der Waals surface area contributed by atoms with E-state index >= 15 is 0 Å². The van der Waals surface area contributed by atoms with E-state index in [1.807, 2.05) is 11.0 Å². The summed E-state index contributed by atoms with van der Waals surface area (Å²) in [6.07, 6.45) is 4.45. The third-order valence-electron chi connectivity index (χ3n) is 3.21. The maximum atomic E-state index is 12.2. The van der Waals surface area contributed by atoms with Crippen LogP contribution in [0.25, 0.3) is 0 Å². The quantitative estimate of drug-likeness (QED) is 0.855. The van der Waals surface area contributed by atoms with Gasteiger partial charge in [-0.15, -0.1) is 0 Å². The van der Waals surface area contributed by atoms with E-state index in [-0.39, 0.29) is 18.1 Å². The van der Waals surface area contributed by atoms with Crippen LogP contribution < -0.4 is 0 Å². The molecule has 0 aliphatic carbocycles. The van der Waals surface area contributed by atoms with Gasteiger partial charge in [-0.3, -0.25) is 4.79 Å². The highest BCUT2D eigenvalue weighted by Crippen LogP contribution is 2.27. The highest BCUT2D eigenvalue weighted by molar-refractivity contribution is 9.10. The number of likely N-dealkylation sites (tertiary alicyclic amines) is 1. The lowest BCUT2D eigenvalue weighted by Gasteiger charge is -2.31. The summed E-state index contributed by atoms with van der Waals surface area (Å²) < 4.78 is 6.61. The van der Waals surface area contributed by atoms with Crippen LogP contribution in [0.2, 0.25) is 0 Å². The number of carbonyl (C=O) groups is 1. The molecular formula is C11H13BrN2O2. The third kappa shape index (κ3) is 1.78. The number of fused-ring (bicyclic) bond motifs is 2. The van der Waals surface area contributed by atoms with Gasteiger partial charge in [0, 0.05) is 23.8 Å². The molecule has 4 nitrogen and oxygen atoms in total. The minimum atomic E-state index is 0.0749. The number of aromatic nitrogens is 1. The van der Waals surface area contributed by atoms with Crippen LogP contribution in [-0.4, -0.2) is 41.1 Å². The number of halogens is 1. The molecule has 86 valence electrons. The summed E-state index contributed by atoms with van der Waals surface area (Å²) in [5, 5.41) is 0. The Labute approximate surface area is 102 Å². The summed E-state index contributed by atoms with van der Waals surface area (Å²) in [6, 6.07) is 1.82. The standard InChI is InChI=1S/C11H13BrN2O2/c12-7-3-10(13-4-7)11(15)14-5-8-1-2-9(6-14)16-8/h3-4,8-9,13H,1-2,5-6H2. The number of H-pyrrole nitrogens is 1. The number of carbonyl (C=O) groups excluding carboxylic acids is 1. The number of rotatable bonds is 1. The third-order valence-corrected chi connectivity index (χ3v) is 3.67. The highest BCUT2D eigenvalue weighted by atomic mass is 79.9. The van der Waals surface area contributed by atoms with Crippen molar-refractivity contribution in [2.45, 2.75) is 25.0 Å². The smallest absolute Gasteiger partial charge is 0.270 e. The summed E-state index contributed by atoms with van der Waals surface area (Å²) in [5.74, 6) is 0.0749. The molecular weight excluding hydrogens is 272 g/mol. The van der Waals surface area contributed by atoms with Crippen molar-refractivity contribution in [3.63, 3.8) is 0 Å². The lowest BCUT2D eigenvalue weighted by molar-refractivity contribution is -0.0305. The predicted octanol–water partition coefficient (Wildman–Crippen LogP) is 1.78. The molecule has 0 radical (unpaired) electrons. The fourth-order valence-corrected chi connectivity index (χ4v) is 2.79. The van der Waals surface area contributed by atoms with E-state index in [1.165, 1.54) is 0 Å². The molecule has 2 atom stereocenters. The number of hydrogen-bond donors (Lipinski definition) is 1. The highest BCUT2D eigenvalue weighted by Gasteiger charge is 2.36. The Hall–Kier alpha value is -0.810. The topological polar surface area (TPSA) is 45.3 Å². The van der Waals surface area contributed by atoms with E-state index in [0.717, 1.165) is 30.4 Å². The molecule has 2 unspecified atom stereocenters. The van der Waals surface area contributed by atoms with Crippen LogP contribution in [0.15, 0.2) is 16.7 Å². The number of nitrogens with one attached hydrogen (secondary N) is 1. The first-order valence-corrected chi connectivity index (χ1v) is 6.30. The fraction of sp³-hybridized carbons (Fsp3) is 0.545. The lowest BCUT2D eigenvalue weighted by atomic mass is 10.2. The molecule has 2 aliphatic rings. The zero-order chi connectivity index (χ0) is 11.1. The van der Waals surface area contributed by atoms with Crippen LogP contribution in [0.3, 0.4) is 0 Å². The molecule has 3 rings (SSSR count). The second kappa shape index (κ2) is 3.89. The first-order chi connectivity index (χ1) is 7.72. The largest absolute Gasteiger partial charge is 0.371 e. The van der Waals surface area contributed by atoms with Gasteiger partial charge >= 0.3 is 0 Å². The number of hydrogen-bond acceptors (Lipinski definition) is 2. The molecule has 2 aliphatic heterocycles. The number of amides is 1. The van der Waals surface area contributed by atoms with E-state index in [9.17, 15) is 4.79 Å². The van der Waals surface area contributed by atoms with Crippen LogP contribution >= 0.6 is 15.9 Å². The Bertz CT molecular complexity index is 406. The minimum Gasteiger partial charge on any atom is -0.371 e. The average molecular weight is 285 g/mol. The van der Waals surface area contributed by atoms with E-state index in [4.69, 9.17) is 4.74 Å². The van der Waals surface area contributed by atoms with Crippen molar-refractivity contribution in [1.82, 2.24) is 9.88 Å². The predicted molar refractivity (Wildman–Crippen MR) is 62.3 cm³/mol. The van der Waals surface area contributed by atoms with E-state index in [2.05, 4.69) is 20.9 Å². The van der Waals surface area contributed by atoms with Crippen LogP contribution in [0.5, 0.6) is 0 Å². The van der Waals surface area contributed by atoms with Crippen LogP contribution in [0.4, 0.5) is 0 Å². The molecule has 0 saturated carbocycles. The molecule has 3 heterocycles. The molecule has 0 spiro atoms. The first-order valence-electron chi connectivity index (χ1n) is 5.51. The molecule has 1 aromatic rings. The Morgan fingerprint density at radius 1 is 1.44 bits per heavy atom. The number of aromatic amines is 1. The van der Waals surface area contributed by atoms with Crippen LogP contribution in [0, 0.1) is 0 Å². The fourth-order valence-electron chi connectivity index (χ4n) is 2.44. The average Bonchev–Trinajstić information content (AvgIpc) is 2.84. The van der Waals surface area contributed by atoms with Gasteiger partial charge in [-0.25, -0.2) is 0 Å². The molecule has 2 bridgehead atoms. The molecule has 1 N–H and O–H groups in total. The number of nitrogens with zero attached hydrogens (tertiary/aromatic N) is 1. The first kappa shape index (κ1) is 10.4. The van der Waals surface area contributed by atoms with Gasteiger partial charge in [-0.05, 0) is 34.8 Å². The van der Waals surface area contributed by atoms with Gasteiger partial charge in [0.1, 0.15) is 5.69 Å². The van der Waals surface area contributed by atoms with E-state index < -0.39 is 0 Å². The minimum absolute atomic E-state index is 0.0749. The lowest BCUT2D eigenvalue weighted by Crippen LogP contribution is -2.45. The van der Waals surface area contributed by atoms with E-state index in [1.54, 1.807) is 6.20 Å². The van der Waals surface area contributed by atoms with Gasteiger partial charge in [-0.1, -0.05) is 0 Å². The monoisotopic (exact) mass is 284 g/mol. The molecule has 0 aromatic carbocycles. The number of morpholine rings is 1. The normalized spacial score (nSPS) is 28.4.